The molecule has 0 saturated carbocycles. The lowest BCUT2D eigenvalue weighted by Crippen LogP contribution is -1.97. The first-order valence-corrected chi connectivity index (χ1v) is 6.03. The molecule has 0 atom stereocenters. The molecule has 2 rings (SSSR count). The molecule has 84 valence electrons. The van der Waals surface area contributed by atoms with Crippen LogP contribution in [-0.4, -0.2) is 14.8 Å². The van der Waals surface area contributed by atoms with Crippen LogP contribution in [0.5, 0.6) is 0 Å². The van der Waals surface area contributed by atoms with E-state index in [1.54, 1.807) is 12.1 Å². The molecule has 2 aromatic rings. The lowest BCUT2D eigenvalue weighted by Gasteiger charge is -2.03. The summed E-state index contributed by atoms with van der Waals surface area (Å²) in [6.07, 6.45) is 0. The monoisotopic (exact) mass is 303 g/mol. The van der Waals surface area contributed by atoms with E-state index in [2.05, 4.69) is 26.1 Å². The molecule has 0 radical (unpaired) electrons. The summed E-state index contributed by atoms with van der Waals surface area (Å²) in [5, 5.41) is 8.72. The van der Waals surface area contributed by atoms with Crippen LogP contribution in [0.2, 0.25) is 5.02 Å². The summed E-state index contributed by atoms with van der Waals surface area (Å²) in [7, 11) is 1.85. The van der Waals surface area contributed by atoms with Gasteiger partial charge >= 0.3 is 0 Å². The minimum Gasteiger partial charge on any atom is -0.313 e. The van der Waals surface area contributed by atoms with Gasteiger partial charge in [0.15, 0.2) is 5.82 Å². The number of rotatable bonds is 2. The average molecular weight is 305 g/mol. The summed E-state index contributed by atoms with van der Waals surface area (Å²) in [6, 6.07) is 4.49. The number of hydrogen-bond acceptors (Lipinski definition) is 2. The maximum atomic E-state index is 13.0. The fourth-order valence-corrected chi connectivity index (χ4v) is 2.03. The van der Waals surface area contributed by atoms with Crippen LogP contribution in [0.1, 0.15) is 5.82 Å². The maximum Gasteiger partial charge on any atom is 0.163 e. The van der Waals surface area contributed by atoms with E-state index in [-0.39, 0.29) is 5.02 Å². The highest BCUT2D eigenvalue weighted by Gasteiger charge is 2.11. The molecule has 0 saturated heterocycles. The van der Waals surface area contributed by atoms with Crippen LogP contribution >= 0.6 is 27.5 Å². The molecule has 6 heteroatoms. The lowest BCUT2D eigenvalue weighted by atomic mass is 10.2. The second-order valence-corrected chi connectivity index (χ2v) is 4.23. The Kier molecular flexibility index (Phi) is 3.25. The summed E-state index contributed by atoms with van der Waals surface area (Å²) < 4.78 is 14.8. The molecule has 0 bridgehead atoms. The zero-order valence-electron chi connectivity index (χ0n) is 8.41. The molecule has 0 unspecified atom stereocenters. The Morgan fingerprint density at radius 1 is 1.44 bits per heavy atom. The van der Waals surface area contributed by atoms with Gasteiger partial charge in [-0.2, -0.15) is 0 Å². The SMILES string of the molecule is Cn1c(CBr)nnc1-c1ccc(F)c(Cl)c1. The van der Waals surface area contributed by atoms with Crippen molar-refractivity contribution in [1.29, 1.82) is 0 Å². The number of alkyl halides is 1. The topological polar surface area (TPSA) is 30.7 Å². The van der Waals surface area contributed by atoms with Crippen LogP contribution < -0.4 is 0 Å². The van der Waals surface area contributed by atoms with Gasteiger partial charge in [-0.25, -0.2) is 4.39 Å². The molecule has 0 fully saturated rings. The highest BCUT2D eigenvalue weighted by atomic mass is 79.9. The van der Waals surface area contributed by atoms with Gasteiger partial charge in [0.1, 0.15) is 11.6 Å². The standard InChI is InChI=1S/C10H8BrClFN3/c1-16-9(5-11)14-15-10(16)6-2-3-8(13)7(12)4-6/h2-4H,5H2,1H3. The molecule has 3 nitrogen and oxygen atoms in total. The molecule has 0 aliphatic rings. The average Bonchev–Trinajstić information content (AvgIpc) is 2.64. The molecule has 16 heavy (non-hydrogen) atoms. The molecule has 0 aliphatic heterocycles. The number of nitrogens with zero attached hydrogens (tertiary/aromatic N) is 3. The van der Waals surface area contributed by atoms with E-state index in [4.69, 9.17) is 11.6 Å². The van der Waals surface area contributed by atoms with Crippen molar-refractivity contribution < 1.29 is 4.39 Å². The number of hydrogen-bond donors (Lipinski definition) is 0. The van der Waals surface area contributed by atoms with Crippen molar-refractivity contribution in [1.82, 2.24) is 14.8 Å². The van der Waals surface area contributed by atoms with E-state index < -0.39 is 5.82 Å². The predicted molar refractivity (Wildman–Crippen MR) is 64.0 cm³/mol. The molecule has 1 heterocycles. The van der Waals surface area contributed by atoms with Gasteiger partial charge in [0, 0.05) is 12.6 Å². The Balaban J connectivity index is 2.50. The first-order valence-electron chi connectivity index (χ1n) is 4.53. The molecule has 0 spiro atoms. The van der Waals surface area contributed by atoms with Crippen molar-refractivity contribution in [2.75, 3.05) is 0 Å². The summed E-state index contributed by atoms with van der Waals surface area (Å²) >= 11 is 9.03. The second-order valence-electron chi connectivity index (χ2n) is 3.26. The summed E-state index contributed by atoms with van der Waals surface area (Å²) in [6.45, 7) is 0. The Bertz CT molecular complexity index is 527. The summed E-state index contributed by atoms with van der Waals surface area (Å²) in [4.78, 5) is 0. The van der Waals surface area contributed by atoms with Crippen molar-refractivity contribution in [3.8, 4) is 11.4 Å². The Labute approximate surface area is 105 Å². The Morgan fingerprint density at radius 2 is 2.19 bits per heavy atom. The van der Waals surface area contributed by atoms with Crippen LogP contribution in [0.3, 0.4) is 0 Å². The maximum absolute atomic E-state index is 13.0. The molecular formula is C10H8BrClFN3. The van der Waals surface area contributed by atoms with Gasteiger partial charge in [-0.3, -0.25) is 0 Å². The van der Waals surface area contributed by atoms with Gasteiger partial charge in [-0.1, -0.05) is 27.5 Å². The fourth-order valence-electron chi connectivity index (χ4n) is 1.36. The first kappa shape index (κ1) is 11.5. The molecule has 0 amide bonds. The van der Waals surface area contributed by atoms with E-state index in [1.807, 2.05) is 11.6 Å². The van der Waals surface area contributed by atoms with Crippen molar-refractivity contribution >= 4 is 27.5 Å². The van der Waals surface area contributed by atoms with Crippen LogP contribution in [0.15, 0.2) is 18.2 Å². The van der Waals surface area contributed by atoms with Crippen LogP contribution in [0, 0.1) is 5.82 Å². The van der Waals surface area contributed by atoms with Gasteiger partial charge in [0.05, 0.1) is 10.4 Å². The third-order valence-electron chi connectivity index (χ3n) is 2.26. The van der Waals surface area contributed by atoms with Gasteiger partial charge in [-0.05, 0) is 18.2 Å². The van der Waals surface area contributed by atoms with E-state index in [1.165, 1.54) is 6.07 Å². The molecule has 1 aromatic carbocycles. The minimum absolute atomic E-state index is 0.0842. The van der Waals surface area contributed by atoms with Gasteiger partial charge in [0.25, 0.3) is 0 Å². The van der Waals surface area contributed by atoms with Gasteiger partial charge in [0.2, 0.25) is 0 Å². The van der Waals surface area contributed by atoms with Crippen molar-refractivity contribution in [2.45, 2.75) is 5.33 Å². The number of benzene rings is 1. The van der Waals surface area contributed by atoms with E-state index in [9.17, 15) is 4.39 Å². The third-order valence-corrected chi connectivity index (χ3v) is 3.05. The Morgan fingerprint density at radius 3 is 2.75 bits per heavy atom. The minimum atomic E-state index is -0.437. The predicted octanol–water partition coefficient (Wildman–Crippen LogP) is 3.17. The molecular weight excluding hydrogens is 296 g/mol. The highest BCUT2D eigenvalue weighted by Crippen LogP contribution is 2.23. The molecule has 0 aliphatic carbocycles. The largest absolute Gasteiger partial charge is 0.313 e. The first-order chi connectivity index (χ1) is 7.63. The molecule has 0 N–H and O–H groups in total. The smallest absolute Gasteiger partial charge is 0.163 e. The van der Waals surface area contributed by atoms with Crippen molar-refractivity contribution in [3.63, 3.8) is 0 Å². The van der Waals surface area contributed by atoms with E-state index in [0.717, 1.165) is 11.4 Å². The van der Waals surface area contributed by atoms with Gasteiger partial charge < -0.3 is 4.57 Å². The third kappa shape index (κ3) is 1.97. The zero-order valence-corrected chi connectivity index (χ0v) is 10.8. The van der Waals surface area contributed by atoms with Crippen LogP contribution in [0.25, 0.3) is 11.4 Å². The molecule has 1 aromatic heterocycles. The Hall–Kier alpha value is -0.940. The van der Waals surface area contributed by atoms with Crippen LogP contribution in [-0.2, 0) is 12.4 Å². The van der Waals surface area contributed by atoms with E-state index >= 15 is 0 Å². The summed E-state index contributed by atoms with van der Waals surface area (Å²) in [5.74, 6) is 1.03. The van der Waals surface area contributed by atoms with Crippen LogP contribution in [0.4, 0.5) is 4.39 Å². The normalized spacial score (nSPS) is 10.8. The quantitative estimate of drug-likeness (QED) is 0.798. The zero-order chi connectivity index (χ0) is 11.7. The number of aromatic nitrogens is 3. The van der Waals surface area contributed by atoms with E-state index in [0.29, 0.717) is 11.2 Å². The summed E-state index contributed by atoms with van der Waals surface area (Å²) in [5.41, 5.74) is 0.744. The van der Waals surface area contributed by atoms with Crippen molar-refractivity contribution in [2.24, 2.45) is 7.05 Å². The highest BCUT2D eigenvalue weighted by molar-refractivity contribution is 9.08. The van der Waals surface area contributed by atoms with Crippen molar-refractivity contribution in [3.05, 3.63) is 34.9 Å². The number of halogens is 3. The second kappa shape index (κ2) is 4.51. The van der Waals surface area contributed by atoms with Gasteiger partial charge in [-0.15, -0.1) is 10.2 Å². The fraction of sp³-hybridized carbons (Fsp3) is 0.200. The lowest BCUT2D eigenvalue weighted by molar-refractivity contribution is 0.628.